The first-order valence-corrected chi connectivity index (χ1v) is 5.74. The molecule has 104 valence electrons. The van der Waals surface area contributed by atoms with E-state index in [0.29, 0.717) is 0 Å². The number of carbonyl (C=O) groups is 2. The molecule has 0 saturated heterocycles. The molecule has 0 spiro atoms. The van der Waals surface area contributed by atoms with Crippen molar-refractivity contribution in [3.05, 3.63) is 28.5 Å². The van der Waals surface area contributed by atoms with Gasteiger partial charge < -0.3 is 24.8 Å². The maximum atomic E-state index is 12.1. The second-order valence-corrected chi connectivity index (χ2v) is 4.42. The van der Waals surface area contributed by atoms with Crippen LogP contribution in [0.25, 0.3) is 0 Å². The largest absolute Gasteiger partial charge is 0.507 e. The Balaban J connectivity index is 2.36. The summed E-state index contributed by atoms with van der Waals surface area (Å²) < 4.78 is 9.83. The smallest absolute Gasteiger partial charge is 0.232 e. The van der Waals surface area contributed by atoms with Gasteiger partial charge in [-0.05, 0) is 0 Å². The molecule has 0 radical (unpaired) electrons. The van der Waals surface area contributed by atoms with E-state index >= 15 is 0 Å². The Morgan fingerprint density at radius 1 is 1.25 bits per heavy atom. The van der Waals surface area contributed by atoms with Crippen LogP contribution in [0.5, 0.6) is 17.2 Å². The van der Waals surface area contributed by atoms with Crippen LogP contribution in [0.4, 0.5) is 0 Å². The van der Waals surface area contributed by atoms with Crippen LogP contribution in [-0.4, -0.2) is 40.6 Å². The minimum Gasteiger partial charge on any atom is -0.507 e. The number of Topliss-reactive ketones (excluding diaryl/α,β-unsaturated/α-hetero) is 1. The highest BCUT2D eigenvalue weighted by atomic mass is 16.5. The van der Waals surface area contributed by atoms with Crippen LogP contribution < -0.4 is 4.74 Å². The Morgan fingerprint density at radius 2 is 1.95 bits per heavy atom. The van der Waals surface area contributed by atoms with Crippen LogP contribution in [0, 0.1) is 0 Å². The van der Waals surface area contributed by atoms with Crippen LogP contribution >= 0.6 is 0 Å². The summed E-state index contributed by atoms with van der Waals surface area (Å²) in [5, 5.41) is 29.9. The molecule has 1 aromatic rings. The summed E-state index contributed by atoms with van der Waals surface area (Å²) in [7, 11) is 1.21. The summed E-state index contributed by atoms with van der Waals surface area (Å²) in [6, 6.07) is 0. The third kappa shape index (κ3) is 1.38. The molecule has 3 rings (SSSR count). The Morgan fingerprint density at radius 3 is 2.60 bits per heavy atom. The highest BCUT2D eigenvalue weighted by molar-refractivity contribution is 6.26. The molecule has 2 aliphatic rings. The average Bonchev–Trinajstić information content (AvgIpc) is 2.80. The molecular weight excluding hydrogens is 268 g/mol. The molecule has 20 heavy (non-hydrogen) atoms. The number of aromatic hydroxyl groups is 2. The predicted molar refractivity (Wildman–Crippen MR) is 64.0 cm³/mol. The van der Waals surface area contributed by atoms with Gasteiger partial charge in [0, 0.05) is 6.08 Å². The summed E-state index contributed by atoms with van der Waals surface area (Å²) in [6.45, 7) is -0.174. The molecule has 1 unspecified atom stereocenters. The standard InChI is InChI=1S/C13H10O7/c1-19-6-2-4(14)7-9(10(6)16)12(18)13-8(11(7)17)5(15)3-20-13/h2,5,15,17-18H,3H2,1H3. The second-order valence-electron chi connectivity index (χ2n) is 4.42. The molecule has 0 saturated carbocycles. The first-order chi connectivity index (χ1) is 9.47. The van der Waals surface area contributed by atoms with Crippen LogP contribution in [-0.2, 0) is 4.74 Å². The lowest BCUT2D eigenvalue weighted by molar-refractivity contribution is 0.0911. The Hall–Kier alpha value is -2.54. The summed E-state index contributed by atoms with van der Waals surface area (Å²) in [4.78, 5) is 24.1. The van der Waals surface area contributed by atoms with Gasteiger partial charge in [-0.1, -0.05) is 0 Å². The van der Waals surface area contributed by atoms with Gasteiger partial charge in [0.25, 0.3) is 0 Å². The van der Waals surface area contributed by atoms with Crippen molar-refractivity contribution in [1.82, 2.24) is 0 Å². The normalized spacial score (nSPS) is 20.1. The number of phenolic OH excluding ortho intramolecular Hbond substituents is 2. The molecule has 0 aromatic heterocycles. The predicted octanol–water partition coefficient (Wildman–Crippen LogP) is 0.433. The van der Waals surface area contributed by atoms with E-state index in [9.17, 15) is 24.9 Å². The molecule has 7 nitrogen and oxygen atoms in total. The van der Waals surface area contributed by atoms with Crippen LogP contribution in [0.3, 0.4) is 0 Å². The van der Waals surface area contributed by atoms with E-state index in [0.717, 1.165) is 6.08 Å². The summed E-state index contributed by atoms with van der Waals surface area (Å²) >= 11 is 0. The highest BCUT2D eigenvalue weighted by Gasteiger charge is 2.40. The number of aliphatic hydroxyl groups excluding tert-OH is 1. The lowest BCUT2D eigenvalue weighted by Gasteiger charge is -2.19. The molecule has 3 N–H and O–H groups in total. The van der Waals surface area contributed by atoms with Crippen LogP contribution in [0.2, 0.25) is 0 Å². The number of benzene rings is 1. The third-order valence-electron chi connectivity index (χ3n) is 3.34. The number of hydrogen-bond donors (Lipinski definition) is 3. The van der Waals surface area contributed by atoms with Crippen molar-refractivity contribution < 1.29 is 34.4 Å². The lowest BCUT2D eigenvalue weighted by atomic mass is 9.88. The van der Waals surface area contributed by atoms with Crippen molar-refractivity contribution in [1.29, 1.82) is 0 Å². The Kier molecular flexibility index (Phi) is 2.48. The van der Waals surface area contributed by atoms with Crippen molar-refractivity contribution in [2.45, 2.75) is 6.10 Å². The SMILES string of the molecule is COC1=CC(=O)c2c(O)c3c(c(O)c2C1=O)OCC3O. The van der Waals surface area contributed by atoms with Gasteiger partial charge in [-0.2, -0.15) is 0 Å². The van der Waals surface area contributed by atoms with Gasteiger partial charge in [-0.25, -0.2) is 0 Å². The molecule has 1 aromatic carbocycles. The van der Waals surface area contributed by atoms with Gasteiger partial charge in [0.05, 0.1) is 23.8 Å². The minimum absolute atomic E-state index is 0.0864. The van der Waals surface area contributed by atoms with E-state index in [1.807, 2.05) is 0 Å². The number of ketones is 2. The van der Waals surface area contributed by atoms with E-state index in [1.165, 1.54) is 7.11 Å². The monoisotopic (exact) mass is 278 g/mol. The first kappa shape index (κ1) is 12.5. The minimum atomic E-state index is -1.17. The average molecular weight is 278 g/mol. The van der Waals surface area contributed by atoms with E-state index in [2.05, 4.69) is 0 Å². The number of allylic oxidation sites excluding steroid dienone is 2. The van der Waals surface area contributed by atoms with Gasteiger partial charge in [0.1, 0.15) is 18.5 Å². The molecular formula is C13H10O7. The quantitative estimate of drug-likeness (QED) is 0.638. The van der Waals surface area contributed by atoms with E-state index in [1.54, 1.807) is 0 Å². The fourth-order valence-corrected chi connectivity index (χ4v) is 2.41. The number of hydrogen-bond acceptors (Lipinski definition) is 7. The number of ether oxygens (including phenoxy) is 2. The molecule has 0 fully saturated rings. The molecule has 7 heteroatoms. The number of carbonyl (C=O) groups excluding carboxylic acids is 2. The molecule has 0 bridgehead atoms. The number of methoxy groups -OCH3 is 1. The van der Waals surface area contributed by atoms with Gasteiger partial charge in [0.2, 0.25) is 5.78 Å². The van der Waals surface area contributed by atoms with Crippen LogP contribution in [0.15, 0.2) is 11.8 Å². The fourth-order valence-electron chi connectivity index (χ4n) is 2.41. The highest BCUT2D eigenvalue weighted by Crippen LogP contribution is 2.50. The maximum Gasteiger partial charge on any atom is 0.232 e. The first-order valence-electron chi connectivity index (χ1n) is 5.74. The van der Waals surface area contributed by atoms with Crippen molar-refractivity contribution in [2.75, 3.05) is 13.7 Å². The number of aliphatic hydroxyl groups is 1. The number of phenols is 2. The van der Waals surface area contributed by atoms with Gasteiger partial charge in [-0.15, -0.1) is 0 Å². The number of rotatable bonds is 1. The number of fused-ring (bicyclic) bond motifs is 2. The van der Waals surface area contributed by atoms with E-state index < -0.39 is 29.2 Å². The Labute approximate surface area is 112 Å². The van der Waals surface area contributed by atoms with Crippen molar-refractivity contribution in [2.24, 2.45) is 0 Å². The third-order valence-corrected chi connectivity index (χ3v) is 3.34. The summed E-state index contributed by atoms with van der Waals surface area (Å²) in [6.07, 6.45) is -0.241. The molecule has 0 amide bonds. The molecule has 1 aliphatic carbocycles. The van der Waals surface area contributed by atoms with Crippen molar-refractivity contribution >= 4 is 11.6 Å². The Bertz CT molecular complexity index is 687. The molecule has 1 heterocycles. The van der Waals surface area contributed by atoms with E-state index in [-0.39, 0.29) is 34.8 Å². The van der Waals surface area contributed by atoms with Crippen molar-refractivity contribution in [3.8, 4) is 17.2 Å². The van der Waals surface area contributed by atoms with Gasteiger partial charge >= 0.3 is 0 Å². The van der Waals surface area contributed by atoms with E-state index in [4.69, 9.17) is 9.47 Å². The zero-order valence-corrected chi connectivity index (χ0v) is 10.3. The molecule has 1 atom stereocenters. The summed E-state index contributed by atoms with van der Waals surface area (Å²) in [5.74, 6) is -2.98. The fraction of sp³-hybridized carbons (Fsp3) is 0.231. The zero-order valence-electron chi connectivity index (χ0n) is 10.3. The maximum absolute atomic E-state index is 12.1. The van der Waals surface area contributed by atoms with Crippen LogP contribution in [0.1, 0.15) is 32.4 Å². The second kappa shape index (κ2) is 3.97. The summed E-state index contributed by atoms with van der Waals surface area (Å²) in [5.41, 5.74) is -0.812. The zero-order chi connectivity index (χ0) is 14.6. The van der Waals surface area contributed by atoms with Gasteiger partial charge in [0.15, 0.2) is 23.0 Å². The topological polar surface area (TPSA) is 113 Å². The van der Waals surface area contributed by atoms with Gasteiger partial charge in [-0.3, -0.25) is 9.59 Å². The lowest BCUT2D eigenvalue weighted by Crippen LogP contribution is -2.19. The van der Waals surface area contributed by atoms with Crippen molar-refractivity contribution in [3.63, 3.8) is 0 Å². The molecule has 1 aliphatic heterocycles.